The van der Waals surface area contributed by atoms with Gasteiger partial charge in [-0.15, -0.1) is 0 Å². The molecule has 0 radical (unpaired) electrons. The smallest absolute Gasteiger partial charge is 0.0670 e. The minimum Gasteiger partial charge on any atom is -0.398 e. The Morgan fingerprint density at radius 1 is 1.37 bits per heavy atom. The number of nitriles is 1. The van der Waals surface area contributed by atoms with E-state index < -0.39 is 0 Å². The van der Waals surface area contributed by atoms with Gasteiger partial charge in [-0.25, -0.2) is 0 Å². The van der Waals surface area contributed by atoms with E-state index in [-0.39, 0.29) is 0 Å². The molecule has 0 spiro atoms. The molecule has 0 unspecified atom stereocenters. The summed E-state index contributed by atoms with van der Waals surface area (Å²) in [5.74, 6) is 0. The van der Waals surface area contributed by atoms with Gasteiger partial charge >= 0.3 is 0 Å². The standard InChI is InChI=1S/C15H21N3S/c1-19-14-5-2-12(3-6-14)18-13-4-7-15(17)11(10-13)8-9-16/h4,7,10,12,14,18H,2-3,5-6,8,17H2,1H3. The van der Waals surface area contributed by atoms with E-state index in [9.17, 15) is 0 Å². The predicted molar refractivity (Wildman–Crippen MR) is 83.4 cm³/mol. The van der Waals surface area contributed by atoms with Crippen molar-refractivity contribution in [2.24, 2.45) is 0 Å². The van der Waals surface area contributed by atoms with Crippen molar-refractivity contribution in [3.8, 4) is 6.07 Å². The fourth-order valence-corrected chi connectivity index (χ4v) is 3.36. The van der Waals surface area contributed by atoms with Crippen molar-refractivity contribution >= 4 is 23.1 Å². The first kappa shape index (κ1) is 14.1. The average molecular weight is 275 g/mol. The van der Waals surface area contributed by atoms with Gasteiger partial charge in [0.25, 0.3) is 0 Å². The maximum absolute atomic E-state index is 8.78. The van der Waals surface area contributed by atoms with Crippen molar-refractivity contribution in [2.45, 2.75) is 43.4 Å². The average Bonchev–Trinajstić information content (AvgIpc) is 2.44. The van der Waals surface area contributed by atoms with Crippen molar-refractivity contribution in [1.82, 2.24) is 0 Å². The Morgan fingerprint density at radius 2 is 2.11 bits per heavy atom. The first-order valence-corrected chi connectivity index (χ1v) is 8.06. The lowest BCUT2D eigenvalue weighted by Crippen LogP contribution is -2.27. The molecular weight excluding hydrogens is 254 g/mol. The fraction of sp³-hybridized carbons (Fsp3) is 0.533. The summed E-state index contributed by atoms with van der Waals surface area (Å²) < 4.78 is 0. The van der Waals surface area contributed by atoms with Crippen molar-refractivity contribution < 1.29 is 0 Å². The minimum atomic E-state index is 0.376. The van der Waals surface area contributed by atoms with E-state index in [1.54, 1.807) is 0 Å². The fourth-order valence-electron chi connectivity index (χ4n) is 2.61. The number of benzene rings is 1. The summed E-state index contributed by atoms with van der Waals surface area (Å²) in [5, 5.41) is 13.2. The minimum absolute atomic E-state index is 0.376. The van der Waals surface area contributed by atoms with E-state index in [1.807, 2.05) is 30.0 Å². The molecule has 0 amide bonds. The summed E-state index contributed by atoms with van der Waals surface area (Å²) in [7, 11) is 0. The molecule has 1 aromatic rings. The second kappa shape index (κ2) is 6.72. The maximum Gasteiger partial charge on any atom is 0.0670 e. The van der Waals surface area contributed by atoms with Crippen molar-refractivity contribution in [3.05, 3.63) is 23.8 Å². The van der Waals surface area contributed by atoms with Crippen LogP contribution < -0.4 is 11.1 Å². The third kappa shape index (κ3) is 3.81. The van der Waals surface area contributed by atoms with Gasteiger partial charge in [0.1, 0.15) is 0 Å². The summed E-state index contributed by atoms with van der Waals surface area (Å²) in [6, 6.07) is 8.63. The number of rotatable bonds is 4. The Bertz CT molecular complexity index is 459. The number of nitrogens with two attached hydrogens (primary N) is 1. The van der Waals surface area contributed by atoms with Gasteiger partial charge in [0, 0.05) is 22.7 Å². The highest BCUT2D eigenvalue weighted by molar-refractivity contribution is 7.99. The van der Waals surface area contributed by atoms with E-state index in [2.05, 4.69) is 17.6 Å². The normalized spacial score (nSPS) is 22.7. The Balaban J connectivity index is 1.96. The molecule has 0 heterocycles. The second-order valence-electron chi connectivity index (χ2n) is 5.10. The van der Waals surface area contributed by atoms with Crippen LogP contribution >= 0.6 is 11.8 Å². The Kier molecular flexibility index (Phi) is 4.98. The molecule has 1 aliphatic rings. The van der Waals surface area contributed by atoms with Crippen LogP contribution in [0.2, 0.25) is 0 Å². The number of hydrogen-bond donors (Lipinski definition) is 2. The van der Waals surface area contributed by atoms with Crippen molar-refractivity contribution in [3.63, 3.8) is 0 Å². The van der Waals surface area contributed by atoms with Crippen LogP contribution in [0.3, 0.4) is 0 Å². The summed E-state index contributed by atoms with van der Waals surface area (Å²) in [4.78, 5) is 0. The molecule has 0 atom stereocenters. The molecule has 0 bridgehead atoms. The lowest BCUT2D eigenvalue weighted by atomic mass is 9.94. The Hall–Kier alpha value is -1.34. The highest BCUT2D eigenvalue weighted by Gasteiger charge is 2.20. The van der Waals surface area contributed by atoms with Crippen LogP contribution in [-0.2, 0) is 6.42 Å². The van der Waals surface area contributed by atoms with Gasteiger partial charge in [0.05, 0.1) is 12.5 Å². The highest BCUT2D eigenvalue weighted by atomic mass is 32.2. The molecule has 1 aromatic carbocycles. The van der Waals surface area contributed by atoms with Gasteiger partial charge < -0.3 is 11.1 Å². The molecular formula is C15H21N3S. The number of thioether (sulfide) groups is 1. The Morgan fingerprint density at radius 3 is 2.74 bits per heavy atom. The van der Waals surface area contributed by atoms with Gasteiger partial charge in [-0.2, -0.15) is 17.0 Å². The first-order valence-electron chi connectivity index (χ1n) is 6.77. The van der Waals surface area contributed by atoms with Gasteiger partial charge in [0.15, 0.2) is 0 Å². The monoisotopic (exact) mass is 275 g/mol. The molecule has 3 nitrogen and oxygen atoms in total. The van der Waals surface area contributed by atoms with Crippen LogP contribution in [0.5, 0.6) is 0 Å². The predicted octanol–water partition coefficient (Wildman–Crippen LogP) is 3.42. The van der Waals surface area contributed by atoms with Crippen LogP contribution in [-0.4, -0.2) is 17.5 Å². The molecule has 19 heavy (non-hydrogen) atoms. The summed E-state index contributed by atoms with van der Waals surface area (Å²) >= 11 is 1.98. The quantitative estimate of drug-likeness (QED) is 0.827. The number of nitrogens with zero attached hydrogens (tertiary/aromatic N) is 1. The summed E-state index contributed by atoms with van der Waals surface area (Å²) in [6.07, 6.45) is 7.61. The SMILES string of the molecule is CSC1CCC(Nc2ccc(N)c(CC#N)c2)CC1. The van der Waals surface area contributed by atoms with Crippen LogP contribution in [0, 0.1) is 11.3 Å². The van der Waals surface area contributed by atoms with Crippen molar-refractivity contribution in [2.75, 3.05) is 17.3 Å². The van der Waals surface area contributed by atoms with Gasteiger partial charge in [-0.1, -0.05) is 0 Å². The molecule has 0 saturated heterocycles. The molecule has 0 aliphatic heterocycles. The number of anilines is 2. The van der Waals surface area contributed by atoms with Crippen LogP contribution in [0.1, 0.15) is 31.2 Å². The van der Waals surface area contributed by atoms with E-state index in [1.165, 1.54) is 25.7 Å². The topological polar surface area (TPSA) is 61.8 Å². The highest BCUT2D eigenvalue weighted by Crippen LogP contribution is 2.29. The lowest BCUT2D eigenvalue weighted by molar-refractivity contribution is 0.473. The molecule has 1 fully saturated rings. The largest absolute Gasteiger partial charge is 0.398 e. The first-order chi connectivity index (χ1) is 9.22. The van der Waals surface area contributed by atoms with Gasteiger partial charge in [-0.3, -0.25) is 0 Å². The Labute approximate surface area is 119 Å². The third-order valence-corrected chi connectivity index (χ3v) is 4.93. The third-order valence-electron chi connectivity index (χ3n) is 3.79. The number of hydrogen-bond acceptors (Lipinski definition) is 4. The molecule has 102 valence electrons. The zero-order valence-corrected chi connectivity index (χ0v) is 12.2. The lowest BCUT2D eigenvalue weighted by Gasteiger charge is -2.29. The second-order valence-corrected chi connectivity index (χ2v) is 6.24. The molecule has 3 N–H and O–H groups in total. The molecule has 1 aliphatic carbocycles. The summed E-state index contributed by atoms with van der Waals surface area (Å²) in [5.41, 5.74) is 8.58. The van der Waals surface area contributed by atoms with Crippen LogP contribution in [0.4, 0.5) is 11.4 Å². The van der Waals surface area contributed by atoms with Gasteiger partial charge in [-0.05, 0) is 55.7 Å². The van der Waals surface area contributed by atoms with Crippen LogP contribution in [0.25, 0.3) is 0 Å². The van der Waals surface area contributed by atoms with E-state index in [0.29, 0.717) is 18.2 Å². The molecule has 1 saturated carbocycles. The van der Waals surface area contributed by atoms with Crippen LogP contribution in [0.15, 0.2) is 18.2 Å². The zero-order chi connectivity index (χ0) is 13.7. The maximum atomic E-state index is 8.78. The van der Waals surface area contributed by atoms with E-state index in [0.717, 1.165) is 16.5 Å². The molecule has 0 aromatic heterocycles. The van der Waals surface area contributed by atoms with E-state index >= 15 is 0 Å². The van der Waals surface area contributed by atoms with Gasteiger partial charge in [0.2, 0.25) is 0 Å². The number of nitrogens with one attached hydrogen (secondary N) is 1. The summed E-state index contributed by atoms with van der Waals surface area (Å²) in [6.45, 7) is 0. The zero-order valence-electron chi connectivity index (χ0n) is 11.4. The molecule has 2 rings (SSSR count). The molecule has 4 heteroatoms. The number of nitrogen functional groups attached to an aromatic ring is 1. The van der Waals surface area contributed by atoms with E-state index in [4.69, 9.17) is 11.0 Å². The van der Waals surface area contributed by atoms with Crippen molar-refractivity contribution in [1.29, 1.82) is 5.26 Å².